The van der Waals surface area contributed by atoms with Gasteiger partial charge in [0, 0.05) is 6.54 Å². The number of nitrogens with one attached hydrogen (secondary N) is 1. The Morgan fingerprint density at radius 2 is 2.17 bits per heavy atom. The van der Waals surface area contributed by atoms with Crippen molar-refractivity contribution in [2.75, 3.05) is 26.3 Å². The molecule has 0 radical (unpaired) electrons. The van der Waals surface area contributed by atoms with Gasteiger partial charge in [0.2, 0.25) is 0 Å². The van der Waals surface area contributed by atoms with Crippen LogP contribution in [-0.2, 0) is 11.2 Å². The van der Waals surface area contributed by atoms with Crippen LogP contribution in [0.3, 0.4) is 0 Å². The van der Waals surface area contributed by atoms with Gasteiger partial charge in [0.05, 0.1) is 19.3 Å². The molecule has 1 aliphatic rings. The molecule has 0 amide bonds. The van der Waals surface area contributed by atoms with E-state index in [0.29, 0.717) is 13.2 Å². The van der Waals surface area contributed by atoms with Crippen molar-refractivity contribution in [2.45, 2.75) is 20.3 Å². The number of nitrogens with zero attached hydrogens (tertiary/aromatic N) is 1. The number of nitriles is 1. The standard InChI is InChI=1S/C15H20N2O/c1-12-3-4-14(13(2)7-12)5-6-17-9-15(8-16)10-18-11-15/h3-4,7,17H,5-6,9-11H2,1-2H3. The van der Waals surface area contributed by atoms with Crippen molar-refractivity contribution in [2.24, 2.45) is 5.41 Å². The zero-order chi connectivity index (χ0) is 13.0. The summed E-state index contributed by atoms with van der Waals surface area (Å²) < 4.78 is 5.11. The quantitative estimate of drug-likeness (QED) is 0.805. The number of rotatable bonds is 5. The minimum Gasteiger partial charge on any atom is -0.378 e. The maximum absolute atomic E-state index is 9.06. The zero-order valence-electron chi connectivity index (χ0n) is 11.1. The molecule has 1 N–H and O–H groups in total. The summed E-state index contributed by atoms with van der Waals surface area (Å²) in [5.41, 5.74) is 3.75. The van der Waals surface area contributed by atoms with Crippen LogP contribution in [-0.4, -0.2) is 26.3 Å². The molecule has 2 rings (SSSR count). The third-order valence-electron chi connectivity index (χ3n) is 3.53. The topological polar surface area (TPSA) is 45.0 Å². The first-order valence-electron chi connectivity index (χ1n) is 6.41. The van der Waals surface area contributed by atoms with E-state index in [1.807, 2.05) is 0 Å². The van der Waals surface area contributed by atoms with Crippen LogP contribution < -0.4 is 5.32 Å². The predicted molar refractivity (Wildman–Crippen MR) is 71.4 cm³/mol. The molecule has 18 heavy (non-hydrogen) atoms. The van der Waals surface area contributed by atoms with Crippen molar-refractivity contribution in [1.82, 2.24) is 5.32 Å². The number of hydrogen-bond acceptors (Lipinski definition) is 3. The van der Waals surface area contributed by atoms with Gasteiger partial charge in [0.25, 0.3) is 0 Å². The van der Waals surface area contributed by atoms with E-state index in [1.54, 1.807) is 0 Å². The highest BCUT2D eigenvalue weighted by Crippen LogP contribution is 2.25. The van der Waals surface area contributed by atoms with Crippen molar-refractivity contribution in [3.63, 3.8) is 0 Å². The lowest BCUT2D eigenvalue weighted by Gasteiger charge is -2.35. The highest BCUT2D eigenvalue weighted by Gasteiger charge is 2.38. The van der Waals surface area contributed by atoms with Crippen molar-refractivity contribution in [3.8, 4) is 6.07 Å². The zero-order valence-corrected chi connectivity index (χ0v) is 11.1. The highest BCUT2D eigenvalue weighted by atomic mass is 16.5. The Labute approximate surface area is 109 Å². The SMILES string of the molecule is Cc1ccc(CCNCC2(C#N)COC2)c(C)c1. The van der Waals surface area contributed by atoms with Crippen LogP contribution in [0.5, 0.6) is 0 Å². The van der Waals surface area contributed by atoms with Gasteiger partial charge in [-0.25, -0.2) is 0 Å². The fourth-order valence-electron chi connectivity index (χ4n) is 2.23. The van der Waals surface area contributed by atoms with Gasteiger partial charge in [-0.2, -0.15) is 5.26 Å². The van der Waals surface area contributed by atoms with Crippen LogP contribution in [0, 0.1) is 30.6 Å². The largest absolute Gasteiger partial charge is 0.378 e. The Morgan fingerprint density at radius 1 is 1.39 bits per heavy atom. The lowest BCUT2D eigenvalue weighted by Crippen LogP contribution is -2.48. The summed E-state index contributed by atoms with van der Waals surface area (Å²) >= 11 is 0. The second-order valence-corrected chi connectivity index (χ2v) is 5.24. The molecule has 1 saturated heterocycles. The average molecular weight is 244 g/mol. The number of hydrogen-bond donors (Lipinski definition) is 1. The average Bonchev–Trinajstić information content (AvgIpc) is 2.29. The molecule has 1 aliphatic heterocycles. The number of ether oxygens (including phenoxy) is 1. The van der Waals surface area contributed by atoms with Crippen LogP contribution in [0.1, 0.15) is 16.7 Å². The summed E-state index contributed by atoms with van der Waals surface area (Å²) in [5, 5.41) is 12.4. The molecule has 0 saturated carbocycles. The maximum Gasteiger partial charge on any atom is 0.116 e. The maximum atomic E-state index is 9.06. The Bertz CT molecular complexity index is 458. The van der Waals surface area contributed by atoms with Crippen molar-refractivity contribution < 1.29 is 4.74 Å². The van der Waals surface area contributed by atoms with E-state index in [4.69, 9.17) is 10.00 Å². The lowest BCUT2D eigenvalue weighted by atomic mass is 9.88. The van der Waals surface area contributed by atoms with Crippen LogP contribution in [0.4, 0.5) is 0 Å². The van der Waals surface area contributed by atoms with Gasteiger partial charge in [-0.05, 0) is 37.9 Å². The van der Waals surface area contributed by atoms with E-state index in [2.05, 4.69) is 43.4 Å². The molecule has 3 heteroatoms. The third-order valence-corrected chi connectivity index (χ3v) is 3.53. The molecule has 0 aliphatic carbocycles. The van der Waals surface area contributed by atoms with Crippen LogP contribution in [0.2, 0.25) is 0 Å². The van der Waals surface area contributed by atoms with E-state index >= 15 is 0 Å². The fraction of sp³-hybridized carbons (Fsp3) is 0.533. The fourth-order valence-corrected chi connectivity index (χ4v) is 2.23. The normalized spacial score (nSPS) is 16.9. The van der Waals surface area contributed by atoms with Crippen LogP contribution in [0.15, 0.2) is 18.2 Å². The van der Waals surface area contributed by atoms with Gasteiger partial charge in [-0.15, -0.1) is 0 Å². The molecule has 0 aromatic heterocycles. The second-order valence-electron chi connectivity index (χ2n) is 5.24. The molecule has 1 aromatic carbocycles. The molecule has 0 unspecified atom stereocenters. The lowest BCUT2D eigenvalue weighted by molar-refractivity contribution is -0.0752. The molecular weight excluding hydrogens is 224 g/mol. The van der Waals surface area contributed by atoms with Crippen molar-refractivity contribution >= 4 is 0 Å². The smallest absolute Gasteiger partial charge is 0.116 e. The Balaban J connectivity index is 1.77. The summed E-state index contributed by atoms with van der Waals surface area (Å²) in [6.45, 7) is 7.04. The highest BCUT2D eigenvalue weighted by molar-refractivity contribution is 5.30. The van der Waals surface area contributed by atoms with E-state index in [0.717, 1.165) is 19.5 Å². The molecule has 0 atom stereocenters. The van der Waals surface area contributed by atoms with Gasteiger partial charge in [0.15, 0.2) is 0 Å². The summed E-state index contributed by atoms with van der Waals surface area (Å²) in [7, 11) is 0. The van der Waals surface area contributed by atoms with Gasteiger partial charge >= 0.3 is 0 Å². The molecule has 0 bridgehead atoms. The molecule has 1 aromatic rings. The Morgan fingerprint density at radius 3 is 2.72 bits per heavy atom. The summed E-state index contributed by atoms with van der Waals surface area (Å²) in [6.07, 6.45) is 1.01. The first kappa shape index (κ1) is 13.1. The van der Waals surface area contributed by atoms with Gasteiger partial charge < -0.3 is 10.1 Å². The minimum atomic E-state index is -0.275. The van der Waals surface area contributed by atoms with E-state index < -0.39 is 0 Å². The first-order valence-corrected chi connectivity index (χ1v) is 6.41. The van der Waals surface area contributed by atoms with Gasteiger partial charge in [0.1, 0.15) is 5.41 Å². The molecule has 1 heterocycles. The van der Waals surface area contributed by atoms with Crippen molar-refractivity contribution in [1.29, 1.82) is 5.26 Å². The predicted octanol–water partition coefficient (Wildman–Crippen LogP) is 1.98. The van der Waals surface area contributed by atoms with Gasteiger partial charge in [-0.3, -0.25) is 0 Å². The van der Waals surface area contributed by atoms with E-state index in [9.17, 15) is 0 Å². The minimum absolute atomic E-state index is 0.275. The van der Waals surface area contributed by atoms with Crippen molar-refractivity contribution in [3.05, 3.63) is 34.9 Å². The Kier molecular flexibility index (Phi) is 4.00. The molecular formula is C15H20N2O. The summed E-state index contributed by atoms with van der Waals surface area (Å²) in [6, 6.07) is 8.90. The molecule has 96 valence electrons. The van der Waals surface area contributed by atoms with Crippen LogP contribution in [0.25, 0.3) is 0 Å². The first-order chi connectivity index (χ1) is 8.65. The number of benzene rings is 1. The Hall–Kier alpha value is -1.37. The van der Waals surface area contributed by atoms with E-state index in [-0.39, 0.29) is 5.41 Å². The van der Waals surface area contributed by atoms with Gasteiger partial charge in [-0.1, -0.05) is 23.8 Å². The second kappa shape index (κ2) is 5.51. The van der Waals surface area contributed by atoms with E-state index in [1.165, 1.54) is 16.7 Å². The van der Waals surface area contributed by atoms with Crippen LogP contribution >= 0.6 is 0 Å². The number of aryl methyl sites for hydroxylation is 2. The monoisotopic (exact) mass is 244 g/mol. The molecule has 1 fully saturated rings. The molecule has 3 nitrogen and oxygen atoms in total. The third kappa shape index (κ3) is 2.90. The molecule has 0 spiro atoms. The summed E-state index contributed by atoms with van der Waals surface area (Å²) in [5.74, 6) is 0. The summed E-state index contributed by atoms with van der Waals surface area (Å²) in [4.78, 5) is 0.